The van der Waals surface area contributed by atoms with Gasteiger partial charge in [-0.05, 0) is 29.8 Å². The number of anilines is 2. The first-order valence-corrected chi connectivity index (χ1v) is 6.84. The van der Waals surface area contributed by atoms with Crippen molar-refractivity contribution in [2.45, 2.75) is 19.9 Å². The van der Waals surface area contributed by atoms with Crippen LogP contribution in [0, 0.1) is 0 Å². The van der Waals surface area contributed by atoms with Gasteiger partial charge in [-0.1, -0.05) is 19.1 Å². The molecule has 1 amide bonds. The van der Waals surface area contributed by atoms with Crippen LogP contribution in [-0.2, 0) is 11.3 Å². The van der Waals surface area contributed by atoms with Gasteiger partial charge in [0.05, 0.1) is 19.0 Å². The molecule has 5 nitrogen and oxygen atoms in total. The molecule has 1 aromatic carbocycles. The van der Waals surface area contributed by atoms with Crippen molar-refractivity contribution in [1.82, 2.24) is 4.98 Å². The highest BCUT2D eigenvalue weighted by molar-refractivity contribution is 5.90. The molecule has 0 aliphatic rings. The zero-order chi connectivity index (χ0) is 15.1. The molecule has 110 valence electrons. The Hall–Kier alpha value is -2.56. The molecule has 0 fully saturated rings. The third-order valence-electron chi connectivity index (χ3n) is 3.00. The number of hydrogen-bond acceptors (Lipinski definition) is 4. The number of nitrogens with zero attached hydrogens (tertiary/aromatic N) is 1. The topological polar surface area (TPSA) is 63.2 Å². The minimum atomic E-state index is -0.0178. The number of amides is 1. The van der Waals surface area contributed by atoms with Crippen molar-refractivity contribution < 1.29 is 9.53 Å². The summed E-state index contributed by atoms with van der Waals surface area (Å²) < 4.78 is 5.12. The summed E-state index contributed by atoms with van der Waals surface area (Å²) in [4.78, 5) is 15.5. The summed E-state index contributed by atoms with van der Waals surface area (Å²) in [7, 11) is 1.65. The smallest absolute Gasteiger partial charge is 0.224 e. The highest BCUT2D eigenvalue weighted by atomic mass is 16.5. The summed E-state index contributed by atoms with van der Waals surface area (Å²) in [6.45, 7) is 2.49. The van der Waals surface area contributed by atoms with Gasteiger partial charge in [0.15, 0.2) is 0 Å². The number of pyridine rings is 1. The number of hydrogen-bond donors (Lipinski definition) is 2. The Morgan fingerprint density at radius 3 is 2.52 bits per heavy atom. The molecule has 0 unspecified atom stereocenters. The molecule has 1 heterocycles. The first-order chi connectivity index (χ1) is 10.2. The fourth-order valence-corrected chi connectivity index (χ4v) is 1.76. The molecule has 0 radical (unpaired) electrons. The normalized spacial score (nSPS) is 10.0. The summed E-state index contributed by atoms with van der Waals surface area (Å²) in [5, 5.41) is 5.99. The molecule has 2 rings (SSSR count). The average molecular weight is 285 g/mol. The Morgan fingerprint density at radius 2 is 1.95 bits per heavy atom. The average Bonchev–Trinajstić information content (AvgIpc) is 2.54. The van der Waals surface area contributed by atoms with Gasteiger partial charge in [0.1, 0.15) is 11.6 Å². The number of carbonyl (C=O) groups is 1. The van der Waals surface area contributed by atoms with Gasteiger partial charge in [-0.3, -0.25) is 4.79 Å². The minimum Gasteiger partial charge on any atom is -0.497 e. The van der Waals surface area contributed by atoms with Crippen LogP contribution < -0.4 is 15.4 Å². The molecule has 21 heavy (non-hydrogen) atoms. The van der Waals surface area contributed by atoms with Crippen molar-refractivity contribution in [3.05, 3.63) is 48.2 Å². The van der Waals surface area contributed by atoms with Crippen LogP contribution in [0.5, 0.6) is 5.75 Å². The van der Waals surface area contributed by atoms with Crippen LogP contribution >= 0.6 is 0 Å². The second-order valence-electron chi connectivity index (χ2n) is 4.54. The van der Waals surface area contributed by atoms with Gasteiger partial charge in [-0.2, -0.15) is 0 Å². The van der Waals surface area contributed by atoms with Gasteiger partial charge >= 0.3 is 0 Å². The third-order valence-corrected chi connectivity index (χ3v) is 3.00. The van der Waals surface area contributed by atoms with Crippen molar-refractivity contribution in [2.75, 3.05) is 17.7 Å². The van der Waals surface area contributed by atoms with Crippen LogP contribution in [-0.4, -0.2) is 18.0 Å². The second kappa shape index (κ2) is 7.28. The maximum absolute atomic E-state index is 11.3. The van der Waals surface area contributed by atoms with E-state index in [9.17, 15) is 4.79 Å². The lowest BCUT2D eigenvalue weighted by molar-refractivity contribution is -0.115. The fraction of sp³-hybridized carbons (Fsp3) is 0.250. The predicted molar refractivity (Wildman–Crippen MR) is 83.5 cm³/mol. The van der Waals surface area contributed by atoms with E-state index in [4.69, 9.17) is 4.74 Å². The summed E-state index contributed by atoms with van der Waals surface area (Å²) in [6, 6.07) is 11.5. The lowest BCUT2D eigenvalue weighted by Gasteiger charge is -2.08. The number of benzene rings is 1. The number of nitrogens with one attached hydrogen (secondary N) is 2. The van der Waals surface area contributed by atoms with E-state index in [-0.39, 0.29) is 5.91 Å². The monoisotopic (exact) mass is 285 g/mol. The van der Waals surface area contributed by atoms with E-state index in [1.54, 1.807) is 13.3 Å². The third kappa shape index (κ3) is 4.49. The van der Waals surface area contributed by atoms with Crippen LogP contribution in [0.25, 0.3) is 0 Å². The molecule has 0 aliphatic carbocycles. The van der Waals surface area contributed by atoms with E-state index in [1.807, 2.05) is 43.3 Å². The SMILES string of the molecule is CCC(=O)Nc1ccc(NCc2ccc(OC)cc2)nc1. The van der Waals surface area contributed by atoms with Crippen molar-refractivity contribution in [2.24, 2.45) is 0 Å². The standard InChI is InChI=1S/C16H19N3O2/c1-3-16(20)19-13-6-9-15(18-11-13)17-10-12-4-7-14(21-2)8-5-12/h4-9,11H,3,10H2,1-2H3,(H,17,18)(H,19,20). The van der Waals surface area contributed by atoms with Gasteiger partial charge in [0.2, 0.25) is 5.91 Å². The lowest BCUT2D eigenvalue weighted by Crippen LogP contribution is -2.10. The van der Waals surface area contributed by atoms with E-state index < -0.39 is 0 Å². The fourth-order valence-electron chi connectivity index (χ4n) is 1.76. The molecule has 2 N–H and O–H groups in total. The molecule has 0 spiro atoms. The quantitative estimate of drug-likeness (QED) is 0.856. The number of aromatic nitrogens is 1. The van der Waals surface area contributed by atoms with Gasteiger partial charge < -0.3 is 15.4 Å². The highest BCUT2D eigenvalue weighted by Gasteiger charge is 2.00. The van der Waals surface area contributed by atoms with Crippen molar-refractivity contribution in [3.8, 4) is 5.75 Å². The molecular weight excluding hydrogens is 266 g/mol. The summed E-state index contributed by atoms with van der Waals surface area (Å²) in [5.41, 5.74) is 1.85. The number of methoxy groups -OCH3 is 1. The van der Waals surface area contributed by atoms with Gasteiger partial charge in [-0.15, -0.1) is 0 Å². The van der Waals surface area contributed by atoms with Gasteiger partial charge in [-0.25, -0.2) is 4.98 Å². The Balaban J connectivity index is 1.89. The molecule has 5 heteroatoms. The molecular formula is C16H19N3O2. The molecule has 0 atom stereocenters. The second-order valence-corrected chi connectivity index (χ2v) is 4.54. The lowest BCUT2D eigenvalue weighted by atomic mass is 10.2. The Bertz CT molecular complexity index is 579. The zero-order valence-electron chi connectivity index (χ0n) is 12.2. The van der Waals surface area contributed by atoms with Crippen LogP contribution in [0.2, 0.25) is 0 Å². The van der Waals surface area contributed by atoms with Crippen LogP contribution in [0.3, 0.4) is 0 Å². The van der Waals surface area contributed by atoms with E-state index >= 15 is 0 Å². The number of ether oxygens (including phenoxy) is 1. The predicted octanol–water partition coefficient (Wildman–Crippen LogP) is 3.05. The summed E-state index contributed by atoms with van der Waals surface area (Å²) in [6.07, 6.45) is 2.10. The van der Waals surface area contributed by atoms with Crippen LogP contribution in [0.15, 0.2) is 42.6 Å². The molecule has 1 aromatic heterocycles. The van der Waals surface area contributed by atoms with E-state index in [0.717, 1.165) is 17.1 Å². The Morgan fingerprint density at radius 1 is 1.19 bits per heavy atom. The van der Waals surface area contributed by atoms with Crippen LogP contribution in [0.4, 0.5) is 11.5 Å². The molecule has 0 bridgehead atoms. The Kier molecular flexibility index (Phi) is 5.15. The van der Waals surface area contributed by atoms with Gasteiger partial charge in [0, 0.05) is 13.0 Å². The van der Waals surface area contributed by atoms with E-state index in [2.05, 4.69) is 15.6 Å². The molecule has 0 aliphatic heterocycles. The molecule has 0 saturated carbocycles. The number of rotatable bonds is 6. The zero-order valence-corrected chi connectivity index (χ0v) is 12.2. The first kappa shape index (κ1) is 14.8. The number of carbonyl (C=O) groups excluding carboxylic acids is 1. The largest absolute Gasteiger partial charge is 0.497 e. The van der Waals surface area contributed by atoms with E-state index in [1.165, 1.54) is 0 Å². The highest BCUT2D eigenvalue weighted by Crippen LogP contribution is 2.14. The van der Waals surface area contributed by atoms with Crippen molar-refractivity contribution in [3.63, 3.8) is 0 Å². The van der Waals surface area contributed by atoms with E-state index in [0.29, 0.717) is 18.7 Å². The maximum atomic E-state index is 11.3. The summed E-state index contributed by atoms with van der Waals surface area (Å²) >= 11 is 0. The maximum Gasteiger partial charge on any atom is 0.224 e. The van der Waals surface area contributed by atoms with Crippen molar-refractivity contribution >= 4 is 17.4 Å². The molecule has 2 aromatic rings. The molecule has 0 saturated heterocycles. The summed E-state index contributed by atoms with van der Waals surface area (Å²) in [5.74, 6) is 1.59. The van der Waals surface area contributed by atoms with Gasteiger partial charge in [0.25, 0.3) is 0 Å². The minimum absolute atomic E-state index is 0.0178. The Labute approximate surface area is 124 Å². The van der Waals surface area contributed by atoms with Crippen molar-refractivity contribution in [1.29, 1.82) is 0 Å². The van der Waals surface area contributed by atoms with Crippen LogP contribution in [0.1, 0.15) is 18.9 Å². The first-order valence-electron chi connectivity index (χ1n) is 6.84.